The van der Waals surface area contributed by atoms with Crippen molar-refractivity contribution < 1.29 is 22.9 Å². The summed E-state index contributed by atoms with van der Waals surface area (Å²) in [7, 11) is -3.78. The number of nitro benzene ring substituents is 1. The Bertz CT molecular complexity index is 1210. The van der Waals surface area contributed by atoms with E-state index < -0.39 is 27.4 Å². The Hall–Kier alpha value is -3.22. The molecule has 1 aliphatic heterocycles. The van der Waals surface area contributed by atoms with E-state index in [1.807, 2.05) is 4.90 Å². The Kier molecular flexibility index (Phi) is 8.07. The molecule has 0 saturated carbocycles. The second-order valence-electron chi connectivity index (χ2n) is 7.59. The van der Waals surface area contributed by atoms with Crippen LogP contribution < -0.4 is 14.6 Å². The van der Waals surface area contributed by atoms with E-state index >= 15 is 0 Å². The van der Waals surface area contributed by atoms with Crippen LogP contribution in [0.2, 0.25) is 5.02 Å². The molecule has 0 unspecified atom stereocenters. The first-order valence-electron chi connectivity index (χ1n) is 10.2. The maximum absolute atomic E-state index is 12.5. The number of carbonyl (C=O) groups excluding carboxylic acids is 1. The lowest BCUT2D eigenvalue weighted by molar-refractivity contribution is -0.384. The smallest absolute Gasteiger partial charge is 0.270 e. The fourth-order valence-electron chi connectivity index (χ4n) is 3.47. The van der Waals surface area contributed by atoms with Gasteiger partial charge in [0.2, 0.25) is 10.0 Å². The summed E-state index contributed by atoms with van der Waals surface area (Å²) in [6.45, 7) is 3.43. The van der Waals surface area contributed by atoms with Gasteiger partial charge >= 0.3 is 0 Å². The molecule has 182 valence electrons. The highest BCUT2D eigenvalue weighted by atomic mass is 35.5. The fourth-order valence-corrected chi connectivity index (χ4v) is 4.61. The van der Waals surface area contributed by atoms with Crippen molar-refractivity contribution in [3.63, 3.8) is 0 Å². The summed E-state index contributed by atoms with van der Waals surface area (Å²) < 4.78 is 30.9. The standard InChI is InChI=1S/C21H24ClN5O6S/c1-15-11-17(22)3-5-19(15)26(34(2,31)32)14-21(28)24-23-13-16-12-18(27(29)30)4-6-20(16)25-7-9-33-10-8-25/h3-6,11-13H,7-10,14H2,1-2H3,(H,24,28)/b23-13-. The molecule has 34 heavy (non-hydrogen) atoms. The third kappa shape index (κ3) is 6.43. The van der Waals surface area contributed by atoms with E-state index in [-0.39, 0.29) is 5.69 Å². The topological polar surface area (TPSA) is 134 Å². The number of nitrogens with one attached hydrogen (secondary N) is 1. The van der Waals surface area contributed by atoms with Crippen molar-refractivity contribution in [1.82, 2.24) is 5.43 Å². The van der Waals surface area contributed by atoms with Crippen molar-refractivity contribution in [3.05, 3.63) is 62.7 Å². The van der Waals surface area contributed by atoms with E-state index in [4.69, 9.17) is 16.3 Å². The predicted molar refractivity (Wildman–Crippen MR) is 130 cm³/mol. The van der Waals surface area contributed by atoms with E-state index in [1.165, 1.54) is 30.5 Å². The molecule has 13 heteroatoms. The van der Waals surface area contributed by atoms with Gasteiger partial charge in [0, 0.05) is 41.5 Å². The predicted octanol–water partition coefficient (Wildman–Crippen LogP) is 2.31. The summed E-state index contributed by atoms with van der Waals surface area (Å²) in [6.07, 6.45) is 2.29. The van der Waals surface area contributed by atoms with Crippen LogP contribution in [0.1, 0.15) is 11.1 Å². The summed E-state index contributed by atoms with van der Waals surface area (Å²) in [4.78, 5) is 25.2. The third-order valence-electron chi connectivity index (χ3n) is 5.08. The first-order valence-corrected chi connectivity index (χ1v) is 12.5. The second-order valence-corrected chi connectivity index (χ2v) is 9.94. The molecule has 1 amide bonds. The Morgan fingerprint density at radius 3 is 2.62 bits per heavy atom. The van der Waals surface area contributed by atoms with Crippen molar-refractivity contribution in [3.8, 4) is 0 Å². The summed E-state index contributed by atoms with van der Waals surface area (Å²) in [5.74, 6) is -0.686. The molecule has 0 atom stereocenters. The minimum absolute atomic E-state index is 0.119. The zero-order valence-electron chi connectivity index (χ0n) is 18.6. The van der Waals surface area contributed by atoms with Gasteiger partial charge in [-0.1, -0.05) is 11.6 Å². The molecule has 1 saturated heterocycles. The molecule has 0 bridgehead atoms. The zero-order chi connectivity index (χ0) is 24.9. The molecule has 1 aliphatic rings. The maximum atomic E-state index is 12.5. The molecule has 0 aliphatic carbocycles. The normalized spacial score (nSPS) is 14.3. The number of hydrogen-bond donors (Lipinski definition) is 1. The Labute approximate surface area is 202 Å². The Morgan fingerprint density at radius 1 is 1.29 bits per heavy atom. The number of rotatable bonds is 8. The molecule has 0 aromatic heterocycles. The van der Waals surface area contributed by atoms with Gasteiger partial charge in [0.05, 0.1) is 36.3 Å². The summed E-state index contributed by atoms with van der Waals surface area (Å²) in [6, 6.07) is 9.04. The molecule has 1 fully saturated rings. The highest BCUT2D eigenvalue weighted by Crippen LogP contribution is 2.26. The number of morpholine rings is 1. The van der Waals surface area contributed by atoms with Crippen molar-refractivity contribution in [1.29, 1.82) is 0 Å². The van der Waals surface area contributed by atoms with Crippen LogP contribution in [0.4, 0.5) is 17.1 Å². The number of aryl methyl sites for hydroxylation is 1. The number of halogens is 1. The quantitative estimate of drug-likeness (QED) is 0.328. The zero-order valence-corrected chi connectivity index (χ0v) is 20.2. The first-order chi connectivity index (χ1) is 16.1. The molecule has 2 aromatic rings. The van der Waals surface area contributed by atoms with Crippen LogP contribution in [0.25, 0.3) is 0 Å². The third-order valence-corrected chi connectivity index (χ3v) is 6.44. The van der Waals surface area contributed by atoms with Gasteiger partial charge in [-0.2, -0.15) is 5.10 Å². The van der Waals surface area contributed by atoms with Crippen molar-refractivity contribution in [2.24, 2.45) is 5.10 Å². The second kappa shape index (κ2) is 10.8. The molecule has 0 radical (unpaired) electrons. The van der Waals surface area contributed by atoms with Gasteiger partial charge < -0.3 is 9.64 Å². The van der Waals surface area contributed by atoms with Crippen molar-refractivity contribution in [2.75, 3.05) is 48.3 Å². The van der Waals surface area contributed by atoms with Crippen LogP contribution in [0, 0.1) is 17.0 Å². The van der Waals surface area contributed by atoms with Crippen LogP contribution in [0.3, 0.4) is 0 Å². The lowest BCUT2D eigenvalue weighted by atomic mass is 10.1. The summed E-state index contributed by atoms with van der Waals surface area (Å²) in [5.41, 5.74) is 4.23. The molecule has 11 nitrogen and oxygen atoms in total. The van der Waals surface area contributed by atoms with E-state index in [2.05, 4.69) is 10.5 Å². The lowest BCUT2D eigenvalue weighted by Gasteiger charge is -2.29. The first kappa shape index (κ1) is 25.4. The minimum atomic E-state index is -3.78. The van der Waals surface area contributed by atoms with Gasteiger partial charge in [0.1, 0.15) is 6.54 Å². The largest absolute Gasteiger partial charge is 0.378 e. The molecule has 3 rings (SSSR count). The van der Waals surface area contributed by atoms with Crippen molar-refractivity contribution >= 4 is 50.8 Å². The minimum Gasteiger partial charge on any atom is -0.378 e. The van der Waals surface area contributed by atoms with E-state index in [0.717, 1.165) is 10.6 Å². The number of hydrazone groups is 1. The van der Waals surface area contributed by atoms with Crippen LogP contribution in [0.5, 0.6) is 0 Å². The van der Waals surface area contributed by atoms with Gasteiger partial charge in [-0.15, -0.1) is 0 Å². The molecule has 1 heterocycles. The summed E-state index contributed by atoms with van der Waals surface area (Å²) in [5, 5.41) is 15.6. The van der Waals surface area contributed by atoms with Crippen LogP contribution in [-0.4, -0.2) is 64.6 Å². The highest BCUT2D eigenvalue weighted by Gasteiger charge is 2.22. The SMILES string of the molecule is Cc1cc(Cl)ccc1N(CC(=O)N/N=C\c1cc([N+](=O)[O-])ccc1N1CCOCC1)S(C)(=O)=O. The number of anilines is 2. The lowest BCUT2D eigenvalue weighted by Crippen LogP contribution is -2.39. The van der Waals surface area contributed by atoms with E-state index in [1.54, 1.807) is 19.1 Å². The van der Waals surface area contributed by atoms with Gasteiger partial charge in [-0.05, 0) is 36.8 Å². The van der Waals surface area contributed by atoms with Crippen LogP contribution in [0.15, 0.2) is 41.5 Å². The maximum Gasteiger partial charge on any atom is 0.270 e. The molecule has 1 N–H and O–H groups in total. The number of nitro groups is 1. The number of ether oxygens (including phenoxy) is 1. The number of benzene rings is 2. The molecular weight excluding hydrogens is 486 g/mol. The average molecular weight is 510 g/mol. The van der Waals surface area contributed by atoms with Crippen LogP contribution >= 0.6 is 11.6 Å². The van der Waals surface area contributed by atoms with Gasteiger partial charge in [0.25, 0.3) is 11.6 Å². The highest BCUT2D eigenvalue weighted by molar-refractivity contribution is 7.92. The van der Waals surface area contributed by atoms with Gasteiger partial charge in [-0.25, -0.2) is 13.8 Å². The molecule has 2 aromatic carbocycles. The number of carbonyl (C=O) groups is 1. The van der Waals surface area contributed by atoms with Gasteiger partial charge in [0.15, 0.2) is 0 Å². The van der Waals surface area contributed by atoms with Crippen LogP contribution in [-0.2, 0) is 19.6 Å². The Morgan fingerprint density at radius 2 is 2.00 bits per heavy atom. The van der Waals surface area contributed by atoms with E-state index in [9.17, 15) is 23.3 Å². The Balaban J connectivity index is 1.79. The fraction of sp³-hybridized carbons (Fsp3) is 0.333. The number of hydrogen-bond acceptors (Lipinski definition) is 8. The number of sulfonamides is 1. The number of nitrogens with zero attached hydrogens (tertiary/aromatic N) is 4. The monoisotopic (exact) mass is 509 g/mol. The van der Waals surface area contributed by atoms with E-state index in [0.29, 0.717) is 53.8 Å². The molecule has 0 spiro atoms. The van der Waals surface area contributed by atoms with Crippen molar-refractivity contribution in [2.45, 2.75) is 6.92 Å². The van der Waals surface area contributed by atoms with Gasteiger partial charge in [-0.3, -0.25) is 19.2 Å². The summed E-state index contributed by atoms with van der Waals surface area (Å²) >= 11 is 5.95. The number of non-ortho nitro benzene ring substituents is 1. The average Bonchev–Trinajstić information content (AvgIpc) is 2.78. The molecular formula is C21H24ClN5O6S. The number of amides is 1.